The van der Waals surface area contributed by atoms with Gasteiger partial charge in [-0.2, -0.15) is 0 Å². The molecule has 0 aliphatic heterocycles. The molecule has 10 rings (SSSR count). The van der Waals surface area contributed by atoms with Crippen molar-refractivity contribution in [1.82, 2.24) is 15.0 Å². The lowest BCUT2D eigenvalue weighted by Crippen LogP contribution is -2.55. The van der Waals surface area contributed by atoms with E-state index in [4.69, 9.17) is 19.4 Å². The highest BCUT2D eigenvalue weighted by atomic mass is 32.1. The lowest BCUT2D eigenvalue weighted by Gasteiger charge is -2.20. The van der Waals surface area contributed by atoms with E-state index in [0.29, 0.717) is 17.5 Å². The van der Waals surface area contributed by atoms with Crippen LogP contribution < -0.4 is 27.3 Å². The van der Waals surface area contributed by atoms with Crippen LogP contribution in [-0.2, 0) is 0 Å². The summed E-state index contributed by atoms with van der Waals surface area (Å²) in [5, 5.41) is 4.68. The van der Waals surface area contributed by atoms with Gasteiger partial charge in [0.15, 0.2) is 17.5 Å². The minimum Gasteiger partial charge on any atom is -0.455 e. The highest BCUT2D eigenvalue weighted by Gasteiger charge is 2.21. The molecule has 0 spiro atoms. The zero-order chi connectivity index (χ0) is 37.4. The first-order valence-corrected chi connectivity index (χ1v) is 19.5. The molecule has 0 N–H and O–H groups in total. The number of rotatable bonds is 5. The van der Waals surface area contributed by atoms with Crippen molar-refractivity contribution in [2.24, 2.45) is 0 Å². The van der Waals surface area contributed by atoms with Crippen molar-refractivity contribution >= 4 is 120 Å². The van der Waals surface area contributed by atoms with Gasteiger partial charge in [0.25, 0.3) is 0 Å². The van der Waals surface area contributed by atoms with Gasteiger partial charge < -0.3 is 4.42 Å². The van der Waals surface area contributed by atoms with Crippen LogP contribution in [0.25, 0.3) is 98.5 Å². The normalized spacial score (nSPS) is 11.6. The summed E-state index contributed by atoms with van der Waals surface area (Å²) in [5.74, 6) is 1.80. The molecule has 0 aliphatic rings. The van der Waals surface area contributed by atoms with Crippen LogP contribution in [0.5, 0.6) is 0 Å². The maximum atomic E-state index is 6.78. The fraction of sp³-hybridized carbons (Fsp3) is 0. The Bertz CT molecular complexity index is 3130. The SMILES string of the molecule is Bc1c(B)c(B)c(-c2ccc(-c3nc(-c4ccccc4)nc(-c4cccc5c4oc4cccc(-c6cccc7c6sc6ccccc67)c45)n3)cc2)c(B)c1B. The van der Waals surface area contributed by atoms with Crippen molar-refractivity contribution in [2.45, 2.75) is 0 Å². The van der Waals surface area contributed by atoms with Crippen LogP contribution in [0.1, 0.15) is 0 Å². The lowest BCUT2D eigenvalue weighted by molar-refractivity contribution is 0.669. The maximum Gasteiger partial charge on any atom is 0.167 e. The molecule has 7 aromatic carbocycles. The van der Waals surface area contributed by atoms with Crippen molar-refractivity contribution in [2.75, 3.05) is 0 Å². The molecule has 254 valence electrons. The molecule has 3 aromatic heterocycles. The predicted molar refractivity (Wildman–Crippen MR) is 248 cm³/mol. The number of furan rings is 1. The molecule has 0 saturated heterocycles. The van der Waals surface area contributed by atoms with Gasteiger partial charge in [0.2, 0.25) is 0 Å². The monoisotopic (exact) mass is 717 g/mol. The van der Waals surface area contributed by atoms with Crippen LogP contribution in [0.2, 0.25) is 0 Å². The maximum absolute atomic E-state index is 6.78. The fourth-order valence-electron chi connectivity index (χ4n) is 8.27. The number of hydrogen-bond acceptors (Lipinski definition) is 5. The summed E-state index contributed by atoms with van der Waals surface area (Å²) in [4.78, 5) is 15.3. The van der Waals surface area contributed by atoms with Crippen LogP contribution in [-0.4, -0.2) is 54.2 Å². The third-order valence-electron chi connectivity index (χ3n) is 11.6. The molecule has 3 heterocycles. The highest BCUT2D eigenvalue weighted by Crippen LogP contribution is 2.45. The van der Waals surface area contributed by atoms with Gasteiger partial charge >= 0.3 is 0 Å². The Labute approximate surface area is 327 Å². The van der Waals surface area contributed by atoms with Gasteiger partial charge in [0, 0.05) is 47.6 Å². The zero-order valence-electron chi connectivity index (χ0n) is 31.4. The average Bonchev–Trinajstić information content (AvgIpc) is 3.82. The van der Waals surface area contributed by atoms with E-state index in [1.165, 1.54) is 64.2 Å². The number of thiophene rings is 1. The summed E-state index contributed by atoms with van der Waals surface area (Å²) < 4.78 is 9.35. The first-order chi connectivity index (χ1) is 26.9. The summed E-state index contributed by atoms with van der Waals surface area (Å²) in [6.45, 7) is 0. The standard InChI is InChI=1S/C45H32B5N3OS/c46-36-34(37(47)39(49)40(50)38(36)48)23-19-21-25(22-20-23)44-51-43(24-9-2-1-3-10-24)52-45(53-44)31-16-7-15-30-35-27(12-8-17-32(35)54-41(30)31)29-14-6-13-28-26-11-4-5-18-33(26)55-42(28)29/h1-22H,46-50H2. The van der Waals surface area contributed by atoms with Crippen molar-refractivity contribution in [3.63, 3.8) is 0 Å². The van der Waals surface area contributed by atoms with Crippen LogP contribution >= 0.6 is 11.3 Å². The van der Waals surface area contributed by atoms with Crippen LogP contribution in [0, 0.1) is 0 Å². The Morgan fingerprint density at radius 3 is 1.71 bits per heavy atom. The number of fused-ring (bicyclic) bond motifs is 6. The first-order valence-electron chi connectivity index (χ1n) is 18.7. The van der Waals surface area contributed by atoms with E-state index in [1.54, 1.807) is 0 Å². The van der Waals surface area contributed by atoms with Gasteiger partial charge in [-0.05, 0) is 34.9 Å². The van der Waals surface area contributed by atoms with E-state index in [-0.39, 0.29) is 0 Å². The van der Waals surface area contributed by atoms with Crippen molar-refractivity contribution in [3.8, 4) is 56.4 Å². The van der Waals surface area contributed by atoms with E-state index in [0.717, 1.165) is 44.2 Å². The molecule has 0 saturated carbocycles. The fourth-order valence-corrected chi connectivity index (χ4v) is 9.50. The zero-order valence-corrected chi connectivity index (χ0v) is 32.2. The van der Waals surface area contributed by atoms with Crippen molar-refractivity contribution in [3.05, 3.63) is 133 Å². The topological polar surface area (TPSA) is 51.8 Å². The Morgan fingerprint density at radius 2 is 0.964 bits per heavy atom. The van der Waals surface area contributed by atoms with E-state index < -0.39 is 0 Å². The number of aromatic nitrogens is 3. The van der Waals surface area contributed by atoms with E-state index in [2.05, 4.69) is 142 Å². The van der Waals surface area contributed by atoms with Gasteiger partial charge in [-0.25, -0.2) is 15.0 Å². The van der Waals surface area contributed by atoms with Crippen molar-refractivity contribution < 1.29 is 4.42 Å². The third kappa shape index (κ3) is 5.38. The van der Waals surface area contributed by atoms with Gasteiger partial charge in [0.1, 0.15) is 50.4 Å². The molecular formula is C45H32B5N3OS. The number of nitrogens with zero attached hydrogens (tertiary/aromatic N) is 3. The van der Waals surface area contributed by atoms with E-state index in [9.17, 15) is 0 Å². The molecule has 0 atom stereocenters. The van der Waals surface area contributed by atoms with Gasteiger partial charge in [-0.15, -0.1) is 27.7 Å². The second-order valence-electron chi connectivity index (χ2n) is 14.5. The molecule has 0 fully saturated rings. The molecular weight excluding hydrogens is 685 g/mol. The summed E-state index contributed by atoms with van der Waals surface area (Å²) in [5.41, 5.74) is 15.8. The Hall–Kier alpha value is -6.11. The molecule has 10 aromatic rings. The second kappa shape index (κ2) is 13.0. The molecule has 0 aliphatic carbocycles. The molecule has 0 radical (unpaired) electrons. The van der Waals surface area contributed by atoms with Gasteiger partial charge in [0.05, 0.1) is 5.56 Å². The minimum absolute atomic E-state index is 0.571. The summed E-state index contributed by atoms with van der Waals surface area (Å²) in [7, 11) is 11.1. The van der Waals surface area contributed by atoms with Crippen LogP contribution in [0.3, 0.4) is 0 Å². The largest absolute Gasteiger partial charge is 0.455 e. The number of para-hydroxylation sites is 1. The molecule has 0 bridgehead atoms. The van der Waals surface area contributed by atoms with Crippen LogP contribution in [0.4, 0.5) is 0 Å². The number of hydrogen-bond donors (Lipinski definition) is 0. The first kappa shape index (κ1) is 33.5. The smallest absolute Gasteiger partial charge is 0.167 e. The Kier molecular flexibility index (Phi) is 7.93. The highest BCUT2D eigenvalue weighted by molar-refractivity contribution is 7.26. The summed E-state index contributed by atoms with van der Waals surface area (Å²) in [6, 6.07) is 46.7. The number of benzene rings is 7. The quantitative estimate of drug-likeness (QED) is 0.255. The molecule has 55 heavy (non-hydrogen) atoms. The second-order valence-corrected chi connectivity index (χ2v) is 15.5. The molecule has 10 heteroatoms. The third-order valence-corrected chi connectivity index (χ3v) is 12.8. The Morgan fingerprint density at radius 1 is 0.418 bits per heavy atom. The lowest BCUT2D eigenvalue weighted by atomic mass is 9.59. The van der Waals surface area contributed by atoms with Gasteiger partial charge in [-0.1, -0.05) is 126 Å². The average molecular weight is 717 g/mol. The van der Waals surface area contributed by atoms with Crippen molar-refractivity contribution in [1.29, 1.82) is 0 Å². The Balaban J connectivity index is 1.14. The predicted octanol–water partition coefficient (Wildman–Crippen LogP) is 3.77. The van der Waals surface area contributed by atoms with Gasteiger partial charge in [-0.3, -0.25) is 0 Å². The van der Waals surface area contributed by atoms with E-state index >= 15 is 0 Å². The minimum atomic E-state index is 0.571. The molecule has 0 unspecified atom stereocenters. The van der Waals surface area contributed by atoms with Crippen LogP contribution in [0.15, 0.2) is 138 Å². The van der Waals surface area contributed by atoms with E-state index in [1.807, 2.05) is 41.7 Å². The molecule has 0 amide bonds. The summed E-state index contributed by atoms with van der Waals surface area (Å²) in [6.07, 6.45) is 0. The summed E-state index contributed by atoms with van der Waals surface area (Å²) >= 11 is 1.84. The molecule has 4 nitrogen and oxygen atoms in total.